The van der Waals surface area contributed by atoms with E-state index in [-0.39, 0.29) is 11.3 Å². The van der Waals surface area contributed by atoms with E-state index in [9.17, 15) is 13.6 Å². The van der Waals surface area contributed by atoms with Crippen molar-refractivity contribution in [3.63, 3.8) is 0 Å². The Balaban J connectivity index is 1.53. The molecular formula is C24H17F2N3O2S. The van der Waals surface area contributed by atoms with Gasteiger partial charge in [0.15, 0.2) is 11.6 Å². The highest BCUT2D eigenvalue weighted by Gasteiger charge is 2.18. The zero-order valence-electron chi connectivity index (χ0n) is 17.0. The molecule has 0 amide bonds. The first-order chi connectivity index (χ1) is 15.5. The van der Waals surface area contributed by atoms with Crippen LogP contribution in [0.5, 0.6) is 5.75 Å². The number of methoxy groups -OCH3 is 1. The lowest BCUT2D eigenvalue weighted by Gasteiger charge is -2.09. The Bertz CT molecular complexity index is 1530. The maximum absolute atomic E-state index is 14.0. The summed E-state index contributed by atoms with van der Waals surface area (Å²) in [4.78, 5) is 17.9. The highest BCUT2D eigenvalue weighted by Crippen LogP contribution is 2.38. The van der Waals surface area contributed by atoms with E-state index < -0.39 is 11.6 Å². The van der Waals surface area contributed by atoms with E-state index in [1.165, 1.54) is 23.1 Å². The molecule has 3 aromatic heterocycles. The lowest BCUT2D eigenvalue weighted by Crippen LogP contribution is -2.23. The Morgan fingerprint density at radius 1 is 1.06 bits per heavy atom. The van der Waals surface area contributed by atoms with Crippen molar-refractivity contribution in [3.05, 3.63) is 87.8 Å². The molecule has 0 atom stereocenters. The molecule has 0 fully saturated rings. The molecule has 32 heavy (non-hydrogen) atoms. The van der Waals surface area contributed by atoms with Gasteiger partial charge in [0, 0.05) is 40.1 Å². The molecule has 0 aliphatic rings. The molecule has 0 saturated heterocycles. The number of ether oxygens (including phenoxy) is 1. The number of benzene rings is 2. The van der Waals surface area contributed by atoms with Crippen molar-refractivity contribution in [2.45, 2.75) is 13.0 Å². The first kappa shape index (κ1) is 20.3. The van der Waals surface area contributed by atoms with E-state index in [0.717, 1.165) is 28.7 Å². The molecule has 5 rings (SSSR count). The van der Waals surface area contributed by atoms with Crippen molar-refractivity contribution in [3.8, 4) is 16.9 Å². The third-order valence-corrected chi connectivity index (χ3v) is 6.27. The Labute approximate surface area is 185 Å². The second-order valence-corrected chi connectivity index (χ2v) is 8.18. The third-order valence-electron chi connectivity index (χ3n) is 5.35. The van der Waals surface area contributed by atoms with Crippen LogP contribution in [0.15, 0.2) is 64.9 Å². The molecule has 0 bridgehead atoms. The lowest BCUT2D eigenvalue weighted by molar-refractivity contribution is 0.408. The molecule has 160 valence electrons. The Morgan fingerprint density at radius 3 is 2.72 bits per heavy atom. The van der Waals surface area contributed by atoms with Gasteiger partial charge in [0.25, 0.3) is 5.56 Å². The molecule has 2 aromatic carbocycles. The van der Waals surface area contributed by atoms with E-state index in [4.69, 9.17) is 4.74 Å². The van der Waals surface area contributed by atoms with Crippen molar-refractivity contribution < 1.29 is 13.5 Å². The number of fused-ring (bicyclic) bond motifs is 2. The molecule has 0 saturated carbocycles. The van der Waals surface area contributed by atoms with Gasteiger partial charge in [-0.3, -0.25) is 9.78 Å². The summed E-state index contributed by atoms with van der Waals surface area (Å²) in [5.41, 5.74) is 2.26. The van der Waals surface area contributed by atoms with Crippen LogP contribution in [0, 0.1) is 11.6 Å². The van der Waals surface area contributed by atoms with E-state index in [0.29, 0.717) is 34.2 Å². The summed E-state index contributed by atoms with van der Waals surface area (Å²) >= 11 is 1.32. The van der Waals surface area contributed by atoms with Gasteiger partial charge < -0.3 is 4.74 Å². The topological polar surface area (TPSA) is 57.0 Å². The molecule has 0 spiro atoms. The van der Waals surface area contributed by atoms with Crippen LogP contribution in [0.25, 0.3) is 32.1 Å². The van der Waals surface area contributed by atoms with Crippen molar-refractivity contribution >= 4 is 32.3 Å². The van der Waals surface area contributed by atoms with Crippen LogP contribution < -0.4 is 10.3 Å². The molecule has 0 aliphatic carbocycles. The first-order valence-corrected chi connectivity index (χ1v) is 10.8. The van der Waals surface area contributed by atoms with Gasteiger partial charge in [-0.25, -0.2) is 13.5 Å². The van der Waals surface area contributed by atoms with E-state index >= 15 is 0 Å². The van der Waals surface area contributed by atoms with Crippen LogP contribution in [0.4, 0.5) is 8.78 Å². The maximum Gasteiger partial charge on any atom is 0.276 e. The molecule has 0 unspecified atom stereocenters. The van der Waals surface area contributed by atoms with Gasteiger partial charge >= 0.3 is 0 Å². The molecule has 0 N–H and O–H groups in total. The number of aromatic nitrogens is 3. The molecule has 5 aromatic rings. The predicted molar refractivity (Wildman–Crippen MR) is 121 cm³/mol. The van der Waals surface area contributed by atoms with E-state index in [1.54, 1.807) is 11.6 Å². The first-order valence-electron chi connectivity index (χ1n) is 9.90. The number of halogens is 2. The SMILES string of the molecule is COc1cc(F)c(F)cc1-c1csc2cnn(CCc3ccc4ccccc4n3)c(=O)c12. The molecule has 8 heteroatoms. The fourth-order valence-electron chi connectivity index (χ4n) is 3.73. The van der Waals surface area contributed by atoms with Gasteiger partial charge in [0.2, 0.25) is 0 Å². The van der Waals surface area contributed by atoms with Crippen molar-refractivity contribution in [2.24, 2.45) is 0 Å². The van der Waals surface area contributed by atoms with Crippen LogP contribution >= 0.6 is 11.3 Å². The number of rotatable bonds is 5. The van der Waals surface area contributed by atoms with E-state index in [2.05, 4.69) is 10.1 Å². The largest absolute Gasteiger partial charge is 0.496 e. The summed E-state index contributed by atoms with van der Waals surface area (Å²) in [6.07, 6.45) is 2.14. The zero-order valence-corrected chi connectivity index (χ0v) is 17.8. The molecule has 5 nitrogen and oxygen atoms in total. The van der Waals surface area contributed by atoms with Crippen LogP contribution in [0.1, 0.15) is 5.69 Å². The number of pyridine rings is 1. The standard InChI is InChI=1S/C24H17F2N3O2S/c1-31-21-11-19(26)18(25)10-16(21)17-13-32-22-12-27-29(24(30)23(17)22)9-8-15-7-6-14-4-2-3-5-20(14)28-15/h2-7,10-13H,8-9H2,1H3. The number of nitrogens with zero attached hydrogens (tertiary/aromatic N) is 3. The van der Waals surface area contributed by atoms with Gasteiger partial charge in [0.1, 0.15) is 5.75 Å². The van der Waals surface area contributed by atoms with Gasteiger partial charge in [-0.05, 0) is 18.2 Å². The van der Waals surface area contributed by atoms with Gasteiger partial charge in [-0.15, -0.1) is 11.3 Å². The summed E-state index contributed by atoms with van der Waals surface area (Å²) in [6, 6.07) is 13.8. The summed E-state index contributed by atoms with van der Waals surface area (Å²) in [5.74, 6) is -1.85. The number of aryl methyl sites for hydroxylation is 2. The molecule has 0 radical (unpaired) electrons. The van der Waals surface area contributed by atoms with Crippen LogP contribution in [-0.2, 0) is 13.0 Å². The van der Waals surface area contributed by atoms with Gasteiger partial charge in [0.05, 0.1) is 35.5 Å². The Morgan fingerprint density at radius 2 is 1.88 bits per heavy atom. The van der Waals surface area contributed by atoms with E-state index in [1.807, 2.05) is 36.4 Å². The smallest absolute Gasteiger partial charge is 0.276 e. The summed E-state index contributed by atoms with van der Waals surface area (Å²) in [5, 5.41) is 7.48. The second kappa shape index (κ2) is 8.12. The second-order valence-electron chi connectivity index (χ2n) is 7.27. The summed E-state index contributed by atoms with van der Waals surface area (Å²) < 4.78 is 34.9. The minimum absolute atomic E-state index is 0.159. The Kier molecular flexibility index (Phi) is 5.14. The number of para-hydroxylation sites is 1. The molecular weight excluding hydrogens is 432 g/mol. The monoisotopic (exact) mass is 449 g/mol. The Hall–Kier alpha value is -3.65. The minimum atomic E-state index is -1.01. The number of hydrogen-bond acceptors (Lipinski definition) is 5. The normalized spacial score (nSPS) is 11.3. The van der Waals surface area contributed by atoms with Crippen molar-refractivity contribution in [2.75, 3.05) is 7.11 Å². The minimum Gasteiger partial charge on any atom is -0.496 e. The number of thiophene rings is 1. The predicted octanol–water partition coefficient (Wildman–Crippen LogP) is 5.20. The fourth-order valence-corrected chi connectivity index (χ4v) is 4.64. The summed E-state index contributed by atoms with van der Waals surface area (Å²) in [7, 11) is 1.38. The van der Waals surface area contributed by atoms with Gasteiger partial charge in [-0.1, -0.05) is 24.3 Å². The summed E-state index contributed by atoms with van der Waals surface area (Å²) in [6.45, 7) is 0.338. The van der Waals surface area contributed by atoms with Crippen LogP contribution in [0.2, 0.25) is 0 Å². The highest BCUT2D eigenvalue weighted by atomic mass is 32.1. The number of hydrogen-bond donors (Lipinski definition) is 0. The molecule has 0 aliphatic heterocycles. The average molecular weight is 449 g/mol. The van der Waals surface area contributed by atoms with Gasteiger partial charge in [-0.2, -0.15) is 5.10 Å². The zero-order chi connectivity index (χ0) is 22.2. The third kappa shape index (κ3) is 3.52. The highest BCUT2D eigenvalue weighted by molar-refractivity contribution is 7.17. The molecule has 3 heterocycles. The quantitative estimate of drug-likeness (QED) is 0.370. The van der Waals surface area contributed by atoms with Crippen molar-refractivity contribution in [1.82, 2.24) is 14.8 Å². The maximum atomic E-state index is 14.0. The van der Waals surface area contributed by atoms with Crippen LogP contribution in [-0.4, -0.2) is 21.9 Å². The van der Waals surface area contributed by atoms with Crippen LogP contribution in [0.3, 0.4) is 0 Å². The fraction of sp³-hybridized carbons (Fsp3) is 0.125. The van der Waals surface area contributed by atoms with Crippen molar-refractivity contribution in [1.29, 1.82) is 0 Å². The average Bonchev–Trinajstić information content (AvgIpc) is 3.25. The lowest BCUT2D eigenvalue weighted by atomic mass is 10.0.